The van der Waals surface area contributed by atoms with Crippen LogP contribution in [0.1, 0.15) is 16.7 Å². The molecule has 2 nitrogen and oxygen atoms in total. The monoisotopic (exact) mass is 317 g/mol. The molecule has 0 unspecified atom stereocenters. The van der Waals surface area contributed by atoms with Gasteiger partial charge in [0.25, 0.3) is 0 Å². The number of halogens is 1. The van der Waals surface area contributed by atoms with Gasteiger partial charge in [0, 0.05) is 29.7 Å². The Hall–Kier alpha value is -1.32. The molecule has 19 heavy (non-hydrogen) atoms. The highest BCUT2D eigenvalue weighted by Crippen LogP contribution is 2.36. The first kappa shape index (κ1) is 12.7. The Bertz CT molecular complexity index is 583. The van der Waals surface area contributed by atoms with Gasteiger partial charge >= 0.3 is 0 Å². The molecule has 0 N–H and O–H groups in total. The molecule has 1 heterocycles. The molecule has 0 bridgehead atoms. The summed E-state index contributed by atoms with van der Waals surface area (Å²) >= 11 is 3.64. The molecule has 0 radical (unpaired) electrons. The van der Waals surface area contributed by atoms with Gasteiger partial charge in [0.05, 0.1) is 7.11 Å². The molecule has 0 amide bonds. The fourth-order valence-electron chi connectivity index (χ4n) is 2.63. The Kier molecular flexibility index (Phi) is 3.58. The Morgan fingerprint density at radius 2 is 1.79 bits per heavy atom. The summed E-state index contributed by atoms with van der Waals surface area (Å²) in [5.74, 6) is 0.994. The molecule has 2 aromatic carbocycles. The van der Waals surface area contributed by atoms with Gasteiger partial charge in [-0.2, -0.15) is 0 Å². The third-order valence-electron chi connectivity index (χ3n) is 3.56. The van der Waals surface area contributed by atoms with Crippen molar-refractivity contribution in [3.63, 3.8) is 0 Å². The van der Waals surface area contributed by atoms with Crippen molar-refractivity contribution in [2.45, 2.75) is 19.6 Å². The lowest BCUT2D eigenvalue weighted by atomic mass is 10.1. The second-order valence-electron chi connectivity index (χ2n) is 4.84. The predicted molar refractivity (Wildman–Crippen MR) is 80.1 cm³/mol. The minimum absolute atomic E-state index is 0.951. The quantitative estimate of drug-likeness (QED) is 0.849. The molecule has 0 atom stereocenters. The maximum atomic E-state index is 5.46. The van der Waals surface area contributed by atoms with Gasteiger partial charge in [0.15, 0.2) is 0 Å². The molecule has 98 valence electrons. The lowest BCUT2D eigenvalue weighted by Gasteiger charge is -2.14. The molecular weight excluding hydrogens is 302 g/mol. The second kappa shape index (κ2) is 5.35. The molecule has 0 saturated carbocycles. The van der Waals surface area contributed by atoms with Crippen molar-refractivity contribution in [3.8, 4) is 5.75 Å². The van der Waals surface area contributed by atoms with E-state index in [1.807, 2.05) is 6.07 Å². The summed E-state index contributed by atoms with van der Waals surface area (Å²) in [6.45, 7) is 2.90. The molecule has 3 rings (SSSR count). The molecule has 0 fully saturated rings. The van der Waals surface area contributed by atoms with Crippen molar-refractivity contribution in [2.75, 3.05) is 7.11 Å². The molecule has 2 aromatic rings. The van der Waals surface area contributed by atoms with Gasteiger partial charge in [0.1, 0.15) is 5.75 Å². The van der Waals surface area contributed by atoms with Gasteiger partial charge < -0.3 is 4.74 Å². The fraction of sp³-hybridized carbons (Fsp3) is 0.250. The summed E-state index contributed by atoms with van der Waals surface area (Å²) in [5, 5.41) is 0. The van der Waals surface area contributed by atoms with E-state index in [-0.39, 0.29) is 0 Å². The number of hydrogen-bond donors (Lipinski definition) is 0. The van der Waals surface area contributed by atoms with E-state index in [1.54, 1.807) is 7.11 Å². The first-order valence-corrected chi connectivity index (χ1v) is 7.18. The zero-order chi connectivity index (χ0) is 13.2. The van der Waals surface area contributed by atoms with Crippen molar-refractivity contribution in [3.05, 3.63) is 63.6 Å². The van der Waals surface area contributed by atoms with Crippen LogP contribution in [-0.4, -0.2) is 12.0 Å². The standard InChI is InChI=1S/C16H16BrNO/c1-19-16-8-7-15(17)13-10-18(11-14(13)16)9-12-5-3-2-4-6-12/h2-8H,9-11H2,1H3. The van der Waals surface area contributed by atoms with E-state index in [4.69, 9.17) is 4.74 Å². The SMILES string of the molecule is COc1ccc(Br)c2c1CN(Cc1ccccc1)C2. The molecule has 0 saturated heterocycles. The molecular formula is C16H16BrNO. The lowest BCUT2D eigenvalue weighted by molar-refractivity contribution is 0.273. The summed E-state index contributed by atoms with van der Waals surface area (Å²) in [5.41, 5.74) is 4.02. The average Bonchev–Trinajstić information content (AvgIpc) is 2.85. The summed E-state index contributed by atoms with van der Waals surface area (Å²) in [6, 6.07) is 14.7. The van der Waals surface area contributed by atoms with Crippen LogP contribution in [0, 0.1) is 0 Å². The summed E-state index contributed by atoms with van der Waals surface area (Å²) in [6.07, 6.45) is 0. The van der Waals surface area contributed by atoms with Gasteiger partial charge in [-0.15, -0.1) is 0 Å². The van der Waals surface area contributed by atoms with Crippen LogP contribution in [0.25, 0.3) is 0 Å². The normalized spacial score (nSPS) is 14.4. The summed E-state index contributed by atoms with van der Waals surface area (Å²) < 4.78 is 6.64. The lowest BCUT2D eigenvalue weighted by Crippen LogP contribution is -2.15. The Morgan fingerprint density at radius 3 is 2.53 bits per heavy atom. The second-order valence-corrected chi connectivity index (χ2v) is 5.69. The number of rotatable bonds is 3. The highest BCUT2D eigenvalue weighted by molar-refractivity contribution is 9.10. The largest absolute Gasteiger partial charge is 0.496 e. The van der Waals surface area contributed by atoms with Crippen LogP contribution >= 0.6 is 15.9 Å². The fourth-order valence-corrected chi connectivity index (χ4v) is 3.13. The predicted octanol–water partition coefficient (Wildman–Crippen LogP) is 3.97. The highest BCUT2D eigenvalue weighted by atomic mass is 79.9. The third kappa shape index (κ3) is 2.53. The number of benzene rings is 2. The molecule has 3 heteroatoms. The number of methoxy groups -OCH3 is 1. The van der Waals surface area contributed by atoms with E-state index in [1.165, 1.54) is 21.2 Å². The van der Waals surface area contributed by atoms with Gasteiger partial charge in [-0.05, 0) is 23.3 Å². The maximum absolute atomic E-state index is 5.46. The van der Waals surface area contributed by atoms with E-state index >= 15 is 0 Å². The van der Waals surface area contributed by atoms with Crippen molar-refractivity contribution in [1.29, 1.82) is 0 Å². The van der Waals surface area contributed by atoms with Crippen LogP contribution in [0.4, 0.5) is 0 Å². The van der Waals surface area contributed by atoms with Gasteiger partial charge in [-0.25, -0.2) is 0 Å². The number of hydrogen-bond acceptors (Lipinski definition) is 2. The minimum atomic E-state index is 0.951. The van der Waals surface area contributed by atoms with E-state index in [2.05, 4.69) is 57.2 Å². The van der Waals surface area contributed by atoms with E-state index in [0.29, 0.717) is 0 Å². The van der Waals surface area contributed by atoms with Gasteiger partial charge in [-0.1, -0.05) is 46.3 Å². The van der Waals surface area contributed by atoms with Crippen LogP contribution in [0.5, 0.6) is 5.75 Å². The Labute approximate surface area is 122 Å². The maximum Gasteiger partial charge on any atom is 0.123 e. The molecule has 1 aliphatic rings. The number of fused-ring (bicyclic) bond motifs is 1. The van der Waals surface area contributed by atoms with Gasteiger partial charge in [0.2, 0.25) is 0 Å². The number of ether oxygens (including phenoxy) is 1. The molecule has 0 aliphatic carbocycles. The average molecular weight is 318 g/mol. The number of nitrogens with zero attached hydrogens (tertiary/aromatic N) is 1. The minimum Gasteiger partial charge on any atom is -0.496 e. The molecule has 0 aromatic heterocycles. The zero-order valence-corrected chi connectivity index (χ0v) is 12.5. The van der Waals surface area contributed by atoms with E-state index in [0.717, 1.165) is 25.4 Å². The zero-order valence-electron chi connectivity index (χ0n) is 10.9. The van der Waals surface area contributed by atoms with Gasteiger partial charge in [-0.3, -0.25) is 4.90 Å². The van der Waals surface area contributed by atoms with Crippen LogP contribution < -0.4 is 4.74 Å². The first-order valence-electron chi connectivity index (χ1n) is 6.38. The van der Waals surface area contributed by atoms with E-state index < -0.39 is 0 Å². The van der Waals surface area contributed by atoms with Crippen LogP contribution in [0.2, 0.25) is 0 Å². The summed E-state index contributed by atoms with van der Waals surface area (Å²) in [4.78, 5) is 2.44. The van der Waals surface area contributed by atoms with Crippen molar-refractivity contribution in [1.82, 2.24) is 4.90 Å². The highest BCUT2D eigenvalue weighted by Gasteiger charge is 2.24. The Balaban J connectivity index is 1.82. The molecule has 0 spiro atoms. The van der Waals surface area contributed by atoms with Crippen LogP contribution in [0.3, 0.4) is 0 Å². The first-order chi connectivity index (χ1) is 9.28. The van der Waals surface area contributed by atoms with Crippen molar-refractivity contribution >= 4 is 15.9 Å². The topological polar surface area (TPSA) is 12.5 Å². The van der Waals surface area contributed by atoms with Crippen molar-refractivity contribution < 1.29 is 4.74 Å². The Morgan fingerprint density at radius 1 is 1.05 bits per heavy atom. The van der Waals surface area contributed by atoms with Crippen molar-refractivity contribution in [2.24, 2.45) is 0 Å². The summed E-state index contributed by atoms with van der Waals surface area (Å²) in [7, 11) is 1.74. The van der Waals surface area contributed by atoms with Crippen LogP contribution in [-0.2, 0) is 19.6 Å². The van der Waals surface area contributed by atoms with Crippen LogP contribution in [0.15, 0.2) is 46.9 Å². The smallest absolute Gasteiger partial charge is 0.123 e. The third-order valence-corrected chi connectivity index (χ3v) is 4.31. The van der Waals surface area contributed by atoms with E-state index in [9.17, 15) is 0 Å². The molecule has 1 aliphatic heterocycles.